The molecule has 0 radical (unpaired) electrons. The highest BCUT2D eigenvalue weighted by Crippen LogP contribution is 2.28. The normalized spacial score (nSPS) is 11.2. The molecule has 0 bridgehead atoms. The zero-order chi connectivity index (χ0) is 25.2. The number of hydrogen-bond donors (Lipinski definition) is 1. The van der Waals surface area contributed by atoms with Crippen molar-refractivity contribution in [1.29, 1.82) is 0 Å². The summed E-state index contributed by atoms with van der Waals surface area (Å²) in [4.78, 5) is 26.2. The third-order valence-electron chi connectivity index (χ3n) is 5.36. The molecule has 6 nitrogen and oxygen atoms in total. The summed E-state index contributed by atoms with van der Waals surface area (Å²) in [5.74, 6) is -0.827. The van der Waals surface area contributed by atoms with Gasteiger partial charge in [-0.1, -0.05) is 42.5 Å². The number of esters is 1. The standard InChI is InChI=1S/C29H29N3O3/c1-19-16-20(2)32(31-19)24-13-9-12-23(17-24)27(33)30-26-18-22(21-10-7-6-8-11-21)14-15-25(26)28(34)35-29(3,4)5/h6-18H,1-5H3,(H,30,33). The van der Waals surface area contributed by atoms with Crippen LogP contribution in [0.2, 0.25) is 0 Å². The highest BCUT2D eigenvalue weighted by Gasteiger charge is 2.22. The summed E-state index contributed by atoms with van der Waals surface area (Å²) in [5.41, 5.74) is 4.99. The van der Waals surface area contributed by atoms with Gasteiger partial charge in [0.15, 0.2) is 0 Å². The molecule has 1 heterocycles. The van der Waals surface area contributed by atoms with Crippen molar-refractivity contribution >= 4 is 17.6 Å². The van der Waals surface area contributed by atoms with E-state index < -0.39 is 11.6 Å². The Balaban J connectivity index is 1.70. The number of nitrogens with one attached hydrogen (secondary N) is 1. The largest absolute Gasteiger partial charge is 0.456 e. The van der Waals surface area contributed by atoms with Crippen LogP contribution in [0.1, 0.15) is 52.9 Å². The lowest BCUT2D eigenvalue weighted by atomic mass is 10.0. The van der Waals surface area contributed by atoms with Gasteiger partial charge >= 0.3 is 5.97 Å². The molecule has 0 spiro atoms. The van der Waals surface area contributed by atoms with E-state index in [-0.39, 0.29) is 5.91 Å². The number of benzene rings is 3. The molecule has 0 saturated heterocycles. The molecule has 0 atom stereocenters. The number of aromatic nitrogens is 2. The first-order valence-electron chi connectivity index (χ1n) is 11.5. The van der Waals surface area contributed by atoms with E-state index in [1.807, 2.05) is 89.2 Å². The number of aryl methyl sites for hydroxylation is 2. The lowest BCUT2D eigenvalue weighted by Gasteiger charge is -2.21. The van der Waals surface area contributed by atoms with Crippen LogP contribution in [0.25, 0.3) is 16.8 Å². The number of hydrogen-bond acceptors (Lipinski definition) is 4. The molecule has 1 N–H and O–H groups in total. The lowest BCUT2D eigenvalue weighted by molar-refractivity contribution is 0.00708. The quantitative estimate of drug-likeness (QED) is 0.347. The summed E-state index contributed by atoms with van der Waals surface area (Å²) < 4.78 is 7.39. The van der Waals surface area contributed by atoms with Crippen LogP contribution >= 0.6 is 0 Å². The lowest BCUT2D eigenvalue weighted by Crippen LogP contribution is -2.25. The van der Waals surface area contributed by atoms with E-state index in [2.05, 4.69) is 10.4 Å². The van der Waals surface area contributed by atoms with Crippen LogP contribution in [-0.2, 0) is 4.74 Å². The summed E-state index contributed by atoms with van der Waals surface area (Å²) in [6.45, 7) is 9.33. The predicted molar refractivity (Wildman–Crippen MR) is 138 cm³/mol. The van der Waals surface area contributed by atoms with Crippen molar-refractivity contribution in [2.24, 2.45) is 0 Å². The molecule has 4 aromatic rings. The molecule has 178 valence electrons. The van der Waals surface area contributed by atoms with Crippen LogP contribution in [0.4, 0.5) is 5.69 Å². The highest BCUT2D eigenvalue weighted by atomic mass is 16.6. The van der Waals surface area contributed by atoms with Crippen LogP contribution < -0.4 is 5.32 Å². The summed E-state index contributed by atoms with van der Waals surface area (Å²) in [6.07, 6.45) is 0. The predicted octanol–water partition coefficient (Wildman–Crippen LogP) is 6.36. The summed E-state index contributed by atoms with van der Waals surface area (Å²) in [7, 11) is 0. The second-order valence-electron chi connectivity index (χ2n) is 9.47. The van der Waals surface area contributed by atoms with Crippen LogP contribution in [0.5, 0.6) is 0 Å². The van der Waals surface area contributed by atoms with Gasteiger partial charge in [-0.25, -0.2) is 9.48 Å². The van der Waals surface area contributed by atoms with Gasteiger partial charge in [-0.2, -0.15) is 5.10 Å². The first kappa shape index (κ1) is 24.0. The molecular weight excluding hydrogens is 438 g/mol. The molecule has 6 heteroatoms. The van der Waals surface area contributed by atoms with E-state index >= 15 is 0 Å². The maximum absolute atomic E-state index is 13.3. The van der Waals surface area contributed by atoms with Crippen molar-refractivity contribution in [3.05, 3.63) is 101 Å². The van der Waals surface area contributed by atoms with Crippen LogP contribution in [0, 0.1) is 13.8 Å². The molecule has 0 aliphatic rings. The average Bonchev–Trinajstić information content (AvgIpc) is 3.16. The second kappa shape index (κ2) is 9.58. The van der Waals surface area contributed by atoms with Crippen LogP contribution in [-0.4, -0.2) is 27.3 Å². The minimum absolute atomic E-state index is 0.294. The van der Waals surface area contributed by atoms with E-state index in [0.29, 0.717) is 16.8 Å². The Kier molecular flexibility index (Phi) is 6.56. The third kappa shape index (κ3) is 5.66. The van der Waals surface area contributed by atoms with Crippen molar-refractivity contribution in [2.45, 2.75) is 40.2 Å². The maximum Gasteiger partial charge on any atom is 0.340 e. The minimum Gasteiger partial charge on any atom is -0.456 e. The van der Waals surface area contributed by atoms with Crippen molar-refractivity contribution in [3.8, 4) is 16.8 Å². The number of rotatable bonds is 5. The highest BCUT2D eigenvalue weighted by molar-refractivity contribution is 6.08. The van der Waals surface area contributed by atoms with E-state index in [9.17, 15) is 9.59 Å². The maximum atomic E-state index is 13.3. The SMILES string of the molecule is Cc1cc(C)n(-c2cccc(C(=O)Nc3cc(-c4ccccc4)ccc3C(=O)OC(C)(C)C)c2)n1. The Bertz CT molecular complexity index is 1380. The number of amides is 1. The Morgan fingerprint density at radius 2 is 1.60 bits per heavy atom. The van der Waals surface area contributed by atoms with Crippen molar-refractivity contribution in [3.63, 3.8) is 0 Å². The van der Waals surface area contributed by atoms with Gasteiger partial charge in [0.25, 0.3) is 5.91 Å². The second-order valence-corrected chi connectivity index (χ2v) is 9.47. The Morgan fingerprint density at radius 1 is 0.857 bits per heavy atom. The summed E-state index contributed by atoms with van der Waals surface area (Å²) in [6, 6.07) is 24.4. The Morgan fingerprint density at radius 3 is 2.26 bits per heavy atom. The van der Waals surface area contributed by atoms with Crippen LogP contribution in [0.3, 0.4) is 0 Å². The molecule has 0 fully saturated rings. The molecule has 1 aromatic heterocycles. The van der Waals surface area contributed by atoms with Crippen molar-refractivity contribution in [2.75, 3.05) is 5.32 Å². The first-order valence-corrected chi connectivity index (χ1v) is 11.5. The monoisotopic (exact) mass is 467 g/mol. The molecule has 35 heavy (non-hydrogen) atoms. The van der Waals surface area contributed by atoms with E-state index in [0.717, 1.165) is 28.2 Å². The molecule has 0 saturated carbocycles. The van der Waals surface area contributed by atoms with Gasteiger partial charge in [-0.15, -0.1) is 0 Å². The van der Waals surface area contributed by atoms with Gasteiger partial charge in [-0.05, 0) is 82.1 Å². The topological polar surface area (TPSA) is 73.2 Å². The molecule has 0 aliphatic heterocycles. The van der Waals surface area contributed by atoms with Crippen LogP contribution in [0.15, 0.2) is 78.9 Å². The Labute approximate surface area is 205 Å². The fraction of sp³-hybridized carbons (Fsp3) is 0.207. The number of ether oxygens (including phenoxy) is 1. The molecule has 1 amide bonds. The summed E-state index contributed by atoms with van der Waals surface area (Å²) >= 11 is 0. The summed E-state index contributed by atoms with van der Waals surface area (Å²) in [5, 5.41) is 7.44. The first-order chi connectivity index (χ1) is 16.6. The van der Waals surface area contributed by atoms with Gasteiger partial charge in [0.1, 0.15) is 5.60 Å². The number of carbonyl (C=O) groups is 2. The average molecular weight is 468 g/mol. The molecule has 4 rings (SSSR count). The van der Waals surface area contributed by atoms with E-state index in [4.69, 9.17) is 4.74 Å². The fourth-order valence-corrected chi connectivity index (χ4v) is 3.83. The van der Waals surface area contributed by atoms with Gasteiger partial charge in [0.2, 0.25) is 0 Å². The molecule has 3 aromatic carbocycles. The minimum atomic E-state index is -0.662. The molecular formula is C29H29N3O3. The van der Waals surface area contributed by atoms with Crippen molar-refractivity contribution < 1.29 is 14.3 Å². The zero-order valence-electron chi connectivity index (χ0n) is 20.6. The fourth-order valence-electron chi connectivity index (χ4n) is 3.83. The van der Waals surface area contributed by atoms with E-state index in [1.165, 1.54) is 0 Å². The Hall–Kier alpha value is -4.19. The molecule has 0 aliphatic carbocycles. The van der Waals surface area contributed by atoms with E-state index in [1.54, 1.807) is 28.9 Å². The smallest absolute Gasteiger partial charge is 0.340 e. The number of anilines is 1. The van der Waals surface area contributed by atoms with Gasteiger partial charge in [0.05, 0.1) is 22.6 Å². The van der Waals surface area contributed by atoms with Crippen molar-refractivity contribution in [1.82, 2.24) is 9.78 Å². The zero-order valence-corrected chi connectivity index (χ0v) is 20.6. The molecule has 0 unspecified atom stereocenters. The number of nitrogens with zero attached hydrogens (tertiary/aromatic N) is 2. The third-order valence-corrected chi connectivity index (χ3v) is 5.36. The van der Waals surface area contributed by atoms with Gasteiger partial charge < -0.3 is 10.1 Å². The van der Waals surface area contributed by atoms with Gasteiger partial charge in [0, 0.05) is 11.3 Å². The van der Waals surface area contributed by atoms with Gasteiger partial charge in [-0.3, -0.25) is 4.79 Å². The number of carbonyl (C=O) groups excluding carboxylic acids is 2.